The van der Waals surface area contributed by atoms with Crippen LogP contribution < -0.4 is 11.1 Å². The number of nitrogens with two attached hydrogens (primary N) is 1. The molecule has 25 heavy (non-hydrogen) atoms. The van der Waals surface area contributed by atoms with Gasteiger partial charge in [0.25, 0.3) is 0 Å². The minimum absolute atomic E-state index is 0.159. The van der Waals surface area contributed by atoms with Crippen molar-refractivity contribution < 1.29 is 0 Å². The van der Waals surface area contributed by atoms with Gasteiger partial charge in [-0.05, 0) is 44.4 Å². The van der Waals surface area contributed by atoms with Crippen LogP contribution in [0.5, 0.6) is 0 Å². The van der Waals surface area contributed by atoms with Crippen molar-refractivity contribution in [3.8, 4) is 0 Å². The third kappa shape index (κ3) is 4.09. The van der Waals surface area contributed by atoms with E-state index in [1.54, 1.807) is 0 Å². The molecule has 0 bridgehead atoms. The Balaban J connectivity index is 2.58. The minimum atomic E-state index is -0.180. The fraction of sp³-hybridized carbons (Fsp3) is 0.579. The Morgan fingerprint density at radius 3 is 2.60 bits per heavy atom. The van der Waals surface area contributed by atoms with Gasteiger partial charge in [0.15, 0.2) is 0 Å². The molecule has 2 rings (SSSR count). The number of hydrogen-bond acceptors (Lipinski definition) is 4. The Morgan fingerprint density at radius 1 is 1.40 bits per heavy atom. The van der Waals surface area contributed by atoms with Crippen molar-refractivity contribution in [2.24, 2.45) is 11.7 Å². The number of halogens is 1. The molecular formula is C19H30ClN5. The van der Waals surface area contributed by atoms with Crippen molar-refractivity contribution in [2.45, 2.75) is 65.0 Å². The standard InChI is InChI=1S/C19H30ClN5/c1-4-10-24-14-11-13(5-2)25(15-9-7-6-8-12(15)3)17(14)16(18(20)21)19(22)23/h4,10-13,15,21,24H,5-9H2,1-3H3,(H3,22,23)/b10-4-,17-16-,21-18?. The van der Waals surface area contributed by atoms with Crippen LogP contribution >= 0.6 is 11.6 Å². The molecule has 138 valence electrons. The molecule has 0 radical (unpaired) electrons. The Labute approximate surface area is 156 Å². The molecule has 1 heterocycles. The van der Waals surface area contributed by atoms with E-state index in [0.717, 1.165) is 24.2 Å². The summed E-state index contributed by atoms with van der Waals surface area (Å²) in [5, 5.41) is 19.1. The van der Waals surface area contributed by atoms with Gasteiger partial charge >= 0.3 is 0 Å². The number of nitrogens with one attached hydrogen (secondary N) is 3. The summed E-state index contributed by atoms with van der Waals surface area (Å²) in [5.41, 5.74) is 7.83. The van der Waals surface area contributed by atoms with Crippen LogP contribution in [0.4, 0.5) is 0 Å². The molecule has 1 aliphatic heterocycles. The van der Waals surface area contributed by atoms with E-state index < -0.39 is 0 Å². The Kier molecular flexibility index (Phi) is 6.71. The zero-order valence-electron chi connectivity index (χ0n) is 15.4. The molecule has 5 nitrogen and oxygen atoms in total. The average molecular weight is 364 g/mol. The third-order valence-corrected chi connectivity index (χ3v) is 5.39. The molecule has 0 spiro atoms. The first kappa shape index (κ1) is 19.6. The minimum Gasteiger partial charge on any atom is -0.384 e. The Morgan fingerprint density at radius 2 is 2.08 bits per heavy atom. The second kappa shape index (κ2) is 8.56. The summed E-state index contributed by atoms with van der Waals surface area (Å²) in [4.78, 5) is 2.36. The number of nitrogens with zero attached hydrogens (tertiary/aromatic N) is 1. The molecule has 5 N–H and O–H groups in total. The summed E-state index contributed by atoms with van der Waals surface area (Å²) in [6, 6.07) is 0.596. The van der Waals surface area contributed by atoms with Crippen LogP contribution in [0.1, 0.15) is 52.9 Å². The van der Waals surface area contributed by atoms with Crippen molar-refractivity contribution in [1.29, 1.82) is 10.8 Å². The van der Waals surface area contributed by atoms with Crippen LogP contribution in [-0.2, 0) is 0 Å². The van der Waals surface area contributed by atoms with Crippen LogP contribution in [0.3, 0.4) is 0 Å². The summed E-state index contributed by atoms with van der Waals surface area (Å²) >= 11 is 6.05. The van der Waals surface area contributed by atoms with E-state index in [-0.39, 0.29) is 17.0 Å². The second-order valence-electron chi connectivity index (χ2n) is 6.89. The monoisotopic (exact) mass is 363 g/mol. The van der Waals surface area contributed by atoms with Crippen LogP contribution in [0.2, 0.25) is 0 Å². The SMILES string of the molecule is C/C=C\NC1=CC(CC)N(C2CCCCC2C)/C1=C(\C(=N)N)C(=N)Cl. The van der Waals surface area contributed by atoms with Gasteiger partial charge in [0, 0.05) is 12.1 Å². The highest BCUT2D eigenvalue weighted by Crippen LogP contribution is 2.39. The van der Waals surface area contributed by atoms with Gasteiger partial charge in [-0.3, -0.25) is 10.8 Å². The number of allylic oxidation sites excluding steroid dienone is 1. The quantitative estimate of drug-likeness (QED) is 0.423. The summed E-state index contributed by atoms with van der Waals surface area (Å²) in [5.74, 6) is 0.401. The van der Waals surface area contributed by atoms with Crippen molar-refractivity contribution in [1.82, 2.24) is 10.2 Å². The lowest BCUT2D eigenvalue weighted by Crippen LogP contribution is -2.45. The summed E-state index contributed by atoms with van der Waals surface area (Å²) < 4.78 is 0. The van der Waals surface area contributed by atoms with E-state index in [9.17, 15) is 0 Å². The fourth-order valence-corrected chi connectivity index (χ4v) is 4.19. The Bertz CT molecular complexity index is 603. The molecule has 0 aromatic heterocycles. The van der Waals surface area contributed by atoms with Gasteiger partial charge < -0.3 is 16.0 Å². The fourth-order valence-electron chi connectivity index (χ4n) is 4.00. The highest BCUT2D eigenvalue weighted by Gasteiger charge is 2.39. The van der Waals surface area contributed by atoms with Gasteiger partial charge in [-0.1, -0.05) is 44.4 Å². The summed E-state index contributed by atoms with van der Waals surface area (Å²) in [7, 11) is 0. The molecule has 6 heteroatoms. The Hall–Kier alpha value is -1.75. The van der Waals surface area contributed by atoms with Gasteiger partial charge in [0.2, 0.25) is 0 Å². The molecule has 0 aromatic rings. The van der Waals surface area contributed by atoms with Gasteiger partial charge in [-0.15, -0.1) is 0 Å². The molecule has 3 unspecified atom stereocenters. The van der Waals surface area contributed by atoms with Crippen LogP contribution in [0.25, 0.3) is 0 Å². The lowest BCUT2D eigenvalue weighted by Gasteiger charge is -2.42. The van der Waals surface area contributed by atoms with Crippen molar-refractivity contribution in [3.05, 3.63) is 35.3 Å². The highest BCUT2D eigenvalue weighted by atomic mass is 35.5. The molecule has 0 aromatic carbocycles. The third-order valence-electron chi connectivity index (χ3n) is 5.20. The van der Waals surface area contributed by atoms with Crippen molar-refractivity contribution in [3.63, 3.8) is 0 Å². The molecule has 1 saturated carbocycles. The molecule has 0 saturated heterocycles. The number of amidine groups is 1. The molecular weight excluding hydrogens is 334 g/mol. The maximum absolute atomic E-state index is 7.99. The van der Waals surface area contributed by atoms with E-state index in [4.69, 9.17) is 28.2 Å². The zero-order chi connectivity index (χ0) is 18.6. The van der Waals surface area contributed by atoms with E-state index in [0.29, 0.717) is 17.5 Å². The lowest BCUT2D eigenvalue weighted by molar-refractivity contribution is 0.131. The van der Waals surface area contributed by atoms with E-state index >= 15 is 0 Å². The first-order valence-corrected chi connectivity index (χ1v) is 9.51. The number of hydrogen-bond donors (Lipinski definition) is 4. The molecule has 0 amide bonds. The maximum atomic E-state index is 7.99. The molecule has 1 aliphatic carbocycles. The van der Waals surface area contributed by atoms with Gasteiger partial charge in [0.05, 0.1) is 17.0 Å². The van der Waals surface area contributed by atoms with Gasteiger partial charge in [-0.25, -0.2) is 0 Å². The second-order valence-corrected chi connectivity index (χ2v) is 7.27. The first-order valence-electron chi connectivity index (χ1n) is 9.13. The molecule has 3 atom stereocenters. The van der Waals surface area contributed by atoms with Crippen molar-refractivity contribution >= 4 is 22.6 Å². The largest absolute Gasteiger partial charge is 0.384 e. The van der Waals surface area contributed by atoms with Crippen molar-refractivity contribution in [2.75, 3.05) is 0 Å². The van der Waals surface area contributed by atoms with Crippen LogP contribution in [0, 0.1) is 16.7 Å². The molecule has 1 fully saturated rings. The average Bonchev–Trinajstić information content (AvgIpc) is 2.91. The summed E-state index contributed by atoms with van der Waals surface area (Å²) in [6.45, 7) is 6.40. The van der Waals surface area contributed by atoms with E-state index in [1.807, 2.05) is 19.2 Å². The first-order chi connectivity index (χ1) is 11.9. The van der Waals surface area contributed by atoms with Crippen LogP contribution in [0.15, 0.2) is 35.3 Å². The smallest absolute Gasteiger partial charge is 0.133 e. The summed E-state index contributed by atoms with van der Waals surface area (Å²) in [6.07, 6.45) is 11.7. The zero-order valence-corrected chi connectivity index (χ0v) is 16.2. The van der Waals surface area contributed by atoms with Gasteiger partial charge in [0.1, 0.15) is 11.0 Å². The predicted molar refractivity (Wildman–Crippen MR) is 106 cm³/mol. The van der Waals surface area contributed by atoms with E-state index in [2.05, 4.69) is 30.1 Å². The highest BCUT2D eigenvalue weighted by molar-refractivity contribution is 6.71. The normalized spacial score (nSPS) is 28.9. The maximum Gasteiger partial charge on any atom is 0.133 e. The van der Waals surface area contributed by atoms with E-state index in [1.165, 1.54) is 19.3 Å². The molecule has 2 aliphatic rings. The number of rotatable bonds is 6. The van der Waals surface area contributed by atoms with Gasteiger partial charge in [-0.2, -0.15) is 0 Å². The lowest BCUT2D eigenvalue weighted by atomic mass is 9.84. The predicted octanol–water partition coefficient (Wildman–Crippen LogP) is 4.07. The topological polar surface area (TPSA) is 89.0 Å². The van der Waals surface area contributed by atoms with Crippen LogP contribution in [-0.4, -0.2) is 28.0 Å².